The van der Waals surface area contributed by atoms with Gasteiger partial charge in [0.25, 0.3) is 0 Å². The van der Waals surface area contributed by atoms with Crippen LogP contribution in [0.3, 0.4) is 0 Å². The summed E-state index contributed by atoms with van der Waals surface area (Å²) in [5.41, 5.74) is 0.460. The molecule has 0 aromatic heterocycles. The van der Waals surface area contributed by atoms with E-state index in [0.29, 0.717) is 15.4 Å². The number of aliphatic hydroxyl groups excluding tert-OH is 1. The predicted octanol–water partition coefficient (Wildman–Crippen LogP) is -3.24. The molecule has 0 radical (unpaired) electrons. The Bertz CT molecular complexity index is 747. The number of fused-ring (bicyclic) bond motifs is 1. The zero-order valence-electron chi connectivity index (χ0n) is 13.4. The van der Waals surface area contributed by atoms with E-state index in [-0.39, 0.29) is 57.1 Å². The fourth-order valence-electron chi connectivity index (χ4n) is 2.77. The molecule has 2 aliphatic rings. The minimum atomic E-state index is -1.42. The third-order valence-electron chi connectivity index (χ3n) is 3.94. The molecule has 1 saturated heterocycles. The molecule has 122 valence electrons. The van der Waals surface area contributed by atoms with Gasteiger partial charge in [-0.2, -0.15) is 0 Å². The molecule has 0 saturated carbocycles. The van der Waals surface area contributed by atoms with Gasteiger partial charge in [0.1, 0.15) is 5.37 Å². The first kappa shape index (κ1) is 20.3. The molecule has 2 aliphatic heterocycles. The van der Waals surface area contributed by atoms with Crippen molar-refractivity contribution in [2.24, 2.45) is 5.92 Å². The third kappa shape index (κ3) is 3.33. The smallest absolute Gasteiger partial charge is 0.543 e. The number of carbonyl (C=O) groups is 2. The van der Waals surface area contributed by atoms with Crippen LogP contribution in [-0.2, 0) is 20.4 Å². The first-order valence-electron chi connectivity index (χ1n) is 6.90. The van der Waals surface area contributed by atoms with Gasteiger partial charge in [0, 0.05) is 26.9 Å². The van der Waals surface area contributed by atoms with Crippen LogP contribution in [0, 0.1) is 5.92 Å². The summed E-state index contributed by atoms with van der Waals surface area (Å²) in [7, 11) is -1.12. The minimum Gasteiger partial charge on any atom is -0.543 e. The number of thioether (sulfide) groups is 1. The predicted molar refractivity (Wildman–Crippen MR) is 84.1 cm³/mol. The number of hydrogen-bond donors (Lipinski definition) is 1. The Morgan fingerprint density at radius 1 is 1.38 bits per heavy atom. The minimum absolute atomic E-state index is 0. The standard InChI is InChI=1S/C15H15NO5S2.K/c1-7(17)10-13(18)16-11(15(19)20)12(22-14(10)16)8-3-5-9(6-4-8)23(2)21;/h3-7,10,14,17H,1-2H3,(H,19,20);/q;+1/p-1/t7-,10+,14-,23?;/m1./s1. The number of aliphatic hydroxyl groups is 1. The van der Waals surface area contributed by atoms with Crippen molar-refractivity contribution in [2.75, 3.05) is 6.26 Å². The van der Waals surface area contributed by atoms with E-state index in [0.717, 1.165) is 0 Å². The summed E-state index contributed by atoms with van der Waals surface area (Å²) in [6, 6.07) is 6.68. The van der Waals surface area contributed by atoms with Crippen LogP contribution in [0.2, 0.25) is 0 Å². The molecule has 1 fully saturated rings. The van der Waals surface area contributed by atoms with E-state index in [1.54, 1.807) is 30.5 Å². The molecule has 1 N–H and O–H groups in total. The van der Waals surface area contributed by atoms with E-state index >= 15 is 0 Å². The van der Waals surface area contributed by atoms with Crippen LogP contribution >= 0.6 is 11.8 Å². The number of nitrogens with zero attached hydrogens (tertiary/aromatic N) is 1. The van der Waals surface area contributed by atoms with Gasteiger partial charge in [-0.15, -0.1) is 0 Å². The Morgan fingerprint density at radius 2 is 1.96 bits per heavy atom. The van der Waals surface area contributed by atoms with Gasteiger partial charge in [-0.05, 0) is 24.6 Å². The van der Waals surface area contributed by atoms with E-state index in [1.165, 1.54) is 23.6 Å². The number of carboxylic acids is 1. The molecule has 0 bridgehead atoms. The molecule has 24 heavy (non-hydrogen) atoms. The Morgan fingerprint density at radius 3 is 2.42 bits per heavy atom. The van der Waals surface area contributed by atoms with Crippen molar-refractivity contribution < 1.29 is 75.4 Å². The molecule has 9 heteroatoms. The van der Waals surface area contributed by atoms with Crippen molar-refractivity contribution in [3.05, 3.63) is 35.5 Å². The van der Waals surface area contributed by atoms with Crippen LogP contribution in [0.25, 0.3) is 4.91 Å². The van der Waals surface area contributed by atoms with Gasteiger partial charge in [-0.25, -0.2) is 0 Å². The van der Waals surface area contributed by atoms with Crippen LogP contribution in [0.1, 0.15) is 12.5 Å². The summed E-state index contributed by atoms with van der Waals surface area (Å²) in [5.74, 6) is -2.44. The van der Waals surface area contributed by atoms with E-state index in [9.17, 15) is 24.0 Å². The number of rotatable bonds is 4. The average molecular weight is 392 g/mol. The van der Waals surface area contributed by atoms with Gasteiger partial charge in [-0.1, -0.05) is 23.9 Å². The third-order valence-corrected chi connectivity index (χ3v) is 6.29. The van der Waals surface area contributed by atoms with E-state index < -0.39 is 40.1 Å². The Kier molecular flexibility index (Phi) is 6.52. The molecule has 4 atom stereocenters. The molecule has 0 spiro atoms. The monoisotopic (exact) mass is 391 g/mol. The number of β-lactam (4-membered cyclic amide) rings is 1. The number of carbonyl (C=O) groups excluding carboxylic acids is 2. The topological polar surface area (TPSA) is 97.7 Å². The van der Waals surface area contributed by atoms with Crippen molar-refractivity contribution in [3.8, 4) is 0 Å². The van der Waals surface area contributed by atoms with Crippen LogP contribution < -0.4 is 56.5 Å². The van der Waals surface area contributed by atoms with Gasteiger partial charge in [-0.3, -0.25) is 13.9 Å². The first-order valence-corrected chi connectivity index (χ1v) is 9.34. The normalized spacial score (nSPS) is 24.8. The fraction of sp³-hybridized carbons (Fsp3) is 0.333. The summed E-state index contributed by atoms with van der Waals surface area (Å²) >= 11 is 1.23. The van der Waals surface area contributed by atoms with Gasteiger partial charge >= 0.3 is 51.4 Å². The van der Waals surface area contributed by atoms with Crippen molar-refractivity contribution >= 4 is 39.3 Å². The Hall–Kier alpha value is -0.00364. The molecule has 6 nitrogen and oxygen atoms in total. The average Bonchev–Trinajstić information content (AvgIpc) is 2.82. The molecule has 1 amide bonds. The van der Waals surface area contributed by atoms with Crippen molar-refractivity contribution in [2.45, 2.75) is 23.3 Å². The maximum Gasteiger partial charge on any atom is 1.00 e. The SMILES string of the molecule is C[C@@H](O)[C@H]1C(=O)N2C(C(=O)[O-])=C(c3ccc(S(C)=O)cc3)S[C@H]12.[K+]. The largest absolute Gasteiger partial charge is 1.00 e. The Balaban J connectivity index is 0.00000208. The van der Waals surface area contributed by atoms with Gasteiger partial charge in [0.15, 0.2) is 0 Å². The van der Waals surface area contributed by atoms with Crippen molar-refractivity contribution in [1.29, 1.82) is 0 Å². The van der Waals surface area contributed by atoms with Crippen LogP contribution in [0.15, 0.2) is 34.9 Å². The maximum atomic E-state index is 12.1. The number of carboxylic acid groups (broad SMARTS) is 1. The number of benzene rings is 1. The molecular formula is C15H14KNO5S2. The quantitative estimate of drug-likeness (QED) is 0.428. The summed E-state index contributed by atoms with van der Waals surface area (Å²) in [4.78, 5) is 25.8. The summed E-state index contributed by atoms with van der Waals surface area (Å²) < 4.78 is 11.4. The summed E-state index contributed by atoms with van der Waals surface area (Å²) in [6.07, 6.45) is 0.715. The zero-order chi connectivity index (χ0) is 16.9. The van der Waals surface area contributed by atoms with Gasteiger partial charge < -0.3 is 15.0 Å². The number of amides is 1. The first-order chi connectivity index (χ1) is 10.8. The molecular weight excluding hydrogens is 377 g/mol. The van der Waals surface area contributed by atoms with Crippen LogP contribution in [0.5, 0.6) is 0 Å². The van der Waals surface area contributed by atoms with E-state index in [2.05, 4.69) is 0 Å². The number of aliphatic carboxylic acids is 1. The molecule has 1 unspecified atom stereocenters. The second-order valence-corrected chi connectivity index (χ2v) is 7.93. The van der Waals surface area contributed by atoms with Crippen LogP contribution in [-0.4, -0.2) is 43.8 Å². The maximum absolute atomic E-state index is 12.1. The summed E-state index contributed by atoms with van der Waals surface area (Å²) in [6.45, 7) is 1.52. The van der Waals surface area contributed by atoms with Crippen molar-refractivity contribution in [1.82, 2.24) is 4.90 Å². The second kappa shape index (κ2) is 7.71. The fourth-order valence-corrected chi connectivity index (χ4v) is 4.91. The molecule has 2 heterocycles. The number of hydrogen-bond acceptors (Lipinski definition) is 6. The molecule has 0 aliphatic carbocycles. The molecule has 1 aromatic rings. The molecule has 1 aromatic carbocycles. The summed E-state index contributed by atoms with van der Waals surface area (Å²) in [5, 5.41) is 20.8. The molecule has 3 rings (SSSR count). The van der Waals surface area contributed by atoms with E-state index in [4.69, 9.17) is 0 Å². The van der Waals surface area contributed by atoms with Crippen molar-refractivity contribution in [3.63, 3.8) is 0 Å². The Labute approximate surface area is 188 Å². The van der Waals surface area contributed by atoms with Gasteiger partial charge in [0.05, 0.1) is 23.7 Å². The van der Waals surface area contributed by atoms with E-state index in [1.807, 2.05) is 0 Å². The van der Waals surface area contributed by atoms with Crippen LogP contribution in [0.4, 0.5) is 0 Å². The zero-order valence-corrected chi connectivity index (χ0v) is 18.1. The van der Waals surface area contributed by atoms with Gasteiger partial charge in [0.2, 0.25) is 5.91 Å². The second-order valence-electron chi connectivity index (χ2n) is 5.43.